The van der Waals surface area contributed by atoms with Gasteiger partial charge in [-0.3, -0.25) is 4.79 Å². The van der Waals surface area contributed by atoms with Crippen molar-refractivity contribution in [1.82, 2.24) is 5.16 Å². The van der Waals surface area contributed by atoms with E-state index in [9.17, 15) is 4.79 Å². The van der Waals surface area contributed by atoms with Crippen molar-refractivity contribution in [2.24, 2.45) is 5.92 Å². The summed E-state index contributed by atoms with van der Waals surface area (Å²) in [6, 6.07) is 16.3. The molecule has 1 heterocycles. The molecule has 0 saturated carbocycles. The largest absolute Gasteiger partial charge is 0.355 e. The lowest BCUT2D eigenvalue weighted by Crippen LogP contribution is -2.31. The molecule has 0 radical (unpaired) electrons. The number of rotatable bonds is 4. The van der Waals surface area contributed by atoms with Crippen molar-refractivity contribution < 1.29 is 9.32 Å². The highest BCUT2D eigenvalue weighted by Gasteiger charge is 2.24. The average Bonchev–Trinajstić information content (AvgIpc) is 3.17. The minimum absolute atomic E-state index is 0.0241. The lowest BCUT2D eigenvalue weighted by molar-refractivity contribution is -0.121. The van der Waals surface area contributed by atoms with Crippen LogP contribution in [0.3, 0.4) is 0 Å². The van der Waals surface area contributed by atoms with E-state index in [1.807, 2.05) is 51.2 Å². The summed E-state index contributed by atoms with van der Waals surface area (Å²) in [5, 5.41) is 4.35. The topological polar surface area (TPSA) is 46.3 Å². The van der Waals surface area contributed by atoms with E-state index in [-0.39, 0.29) is 11.8 Å². The number of amides is 1. The molecule has 0 unspecified atom stereocenters. The highest BCUT2D eigenvalue weighted by molar-refractivity contribution is 5.94. The molecule has 1 amide bonds. The van der Waals surface area contributed by atoms with E-state index in [1.165, 1.54) is 16.7 Å². The summed E-state index contributed by atoms with van der Waals surface area (Å²) >= 11 is 0. The fourth-order valence-electron chi connectivity index (χ4n) is 3.68. The van der Waals surface area contributed by atoms with Crippen LogP contribution in [0.4, 0.5) is 5.69 Å². The summed E-state index contributed by atoms with van der Waals surface area (Å²) in [5.74, 6) is 0.997. The second-order valence-electron chi connectivity index (χ2n) is 7.25. The Bertz CT molecular complexity index is 972. The third-order valence-electron chi connectivity index (χ3n) is 5.59. The van der Waals surface area contributed by atoms with E-state index in [1.54, 1.807) is 4.90 Å². The molecule has 4 rings (SSSR count). The second kappa shape index (κ2) is 7.03. The molecule has 1 aliphatic carbocycles. The maximum absolute atomic E-state index is 12.4. The quantitative estimate of drug-likeness (QED) is 0.649. The molecule has 0 aliphatic heterocycles. The number of hydrogen-bond acceptors (Lipinski definition) is 3. The van der Waals surface area contributed by atoms with Crippen molar-refractivity contribution in [3.05, 3.63) is 59.7 Å². The van der Waals surface area contributed by atoms with Crippen LogP contribution in [-0.2, 0) is 17.6 Å². The van der Waals surface area contributed by atoms with Gasteiger partial charge in [-0.2, -0.15) is 0 Å². The molecule has 1 atom stereocenters. The Morgan fingerprint density at radius 2 is 1.89 bits per heavy atom. The van der Waals surface area contributed by atoms with Crippen molar-refractivity contribution >= 4 is 11.6 Å². The molecular weight excluding hydrogens is 336 g/mol. The van der Waals surface area contributed by atoms with E-state index < -0.39 is 0 Å². The first-order valence-corrected chi connectivity index (χ1v) is 9.55. The van der Waals surface area contributed by atoms with Crippen LogP contribution < -0.4 is 4.90 Å². The summed E-state index contributed by atoms with van der Waals surface area (Å²) in [6.07, 6.45) is 2.77. The van der Waals surface area contributed by atoms with Crippen LogP contribution in [-0.4, -0.2) is 18.1 Å². The van der Waals surface area contributed by atoms with E-state index >= 15 is 0 Å². The first kappa shape index (κ1) is 17.5. The summed E-state index contributed by atoms with van der Waals surface area (Å²) in [7, 11) is 1.83. The molecular formula is C23H24N2O2. The van der Waals surface area contributed by atoms with Gasteiger partial charge in [0.1, 0.15) is 5.69 Å². The molecule has 0 bridgehead atoms. The summed E-state index contributed by atoms with van der Waals surface area (Å²) < 4.78 is 5.73. The van der Waals surface area contributed by atoms with Crippen molar-refractivity contribution in [2.45, 2.75) is 33.1 Å². The summed E-state index contributed by atoms with van der Waals surface area (Å²) in [4.78, 5) is 14.1. The minimum Gasteiger partial charge on any atom is -0.355 e. The molecule has 1 aliphatic rings. The van der Waals surface area contributed by atoms with E-state index in [0.717, 1.165) is 42.0 Å². The number of benzene rings is 2. The third-order valence-corrected chi connectivity index (χ3v) is 5.59. The smallest absolute Gasteiger partial charge is 0.229 e. The molecule has 0 spiro atoms. The lowest BCUT2D eigenvalue weighted by atomic mass is 9.88. The van der Waals surface area contributed by atoms with Crippen molar-refractivity contribution in [3.63, 3.8) is 0 Å². The van der Waals surface area contributed by atoms with Crippen molar-refractivity contribution in [2.75, 3.05) is 11.9 Å². The Balaban J connectivity index is 1.63. The summed E-state index contributed by atoms with van der Waals surface area (Å²) in [5.41, 5.74) is 6.51. The van der Waals surface area contributed by atoms with Gasteiger partial charge in [-0.1, -0.05) is 43.3 Å². The van der Waals surface area contributed by atoms with E-state index in [0.29, 0.717) is 0 Å². The lowest BCUT2D eigenvalue weighted by Gasteiger charge is -2.21. The Labute approximate surface area is 159 Å². The van der Waals surface area contributed by atoms with Gasteiger partial charge in [0.2, 0.25) is 5.91 Å². The van der Waals surface area contributed by atoms with Crippen LogP contribution in [0.15, 0.2) is 53.1 Å². The van der Waals surface area contributed by atoms with E-state index in [2.05, 4.69) is 23.4 Å². The minimum atomic E-state index is 0.0241. The van der Waals surface area contributed by atoms with Crippen LogP contribution in [0.2, 0.25) is 0 Å². The number of carbonyl (C=O) groups is 1. The van der Waals surface area contributed by atoms with Crippen molar-refractivity contribution in [1.29, 1.82) is 0 Å². The summed E-state index contributed by atoms with van der Waals surface area (Å²) in [6.45, 7) is 4.00. The fraction of sp³-hybridized carbons (Fsp3) is 0.304. The number of aryl methyl sites for hydroxylation is 1. The number of anilines is 1. The predicted octanol–water partition coefficient (Wildman–Crippen LogP) is 5.12. The Morgan fingerprint density at radius 3 is 2.63 bits per heavy atom. The van der Waals surface area contributed by atoms with Gasteiger partial charge in [-0.25, -0.2) is 0 Å². The average molecular weight is 360 g/mol. The van der Waals surface area contributed by atoms with Crippen LogP contribution >= 0.6 is 0 Å². The van der Waals surface area contributed by atoms with Crippen LogP contribution in [0.1, 0.15) is 31.4 Å². The fourth-order valence-corrected chi connectivity index (χ4v) is 3.68. The highest BCUT2D eigenvalue weighted by atomic mass is 16.5. The molecule has 3 aromatic rings. The van der Waals surface area contributed by atoms with E-state index in [4.69, 9.17) is 4.52 Å². The van der Waals surface area contributed by atoms with Crippen LogP contribution in [0.5, 0.6) is 0 Å². The van der Waals surface area contributed by atoms with Crippen molar-refractivity contribution in [3.8, 4) is 22.6 Å². The Hall–Kier alpha value is -2.88. The van der Waals surface area contributed by atoms with Gasteiger partial charge in [0.05, 0.1) is 0 Å². The molecule has 4 heteroatoms. The Kier molecular flexibility index (Phi) is 4.56. The standard InChI is InChI=1S/C23H24N2O2/c1-4-15(2)23(26)25(3)18-12-9-17(10-13-18)22-20-14-11-16-7-5-6-8-19(16)21(20)24-27-22/h5-10,12-13,15H,4,11,14H2,1-3H3/t15-/m1/s1. The number of hydrogen-bond donors (Lipinski definition) is 0. The van der Waals surface area contributed by atoms with Gasteiger partial charge in [0.15, 0.2) is 5.76 Å². The van der Waals surface area contributed by atoms with Gasteiger partial charge >= 0.3 is 0 Å². The van der Waals surface area contributed by atoms with Gasteiger partial charge in [0.25, 0.3) is 0 Å². The van der Waals surface area contributed by atoms with Gasteiger partial charge in [0, 0.05) is 35.3 Å². The number of nitrogens with zero attached hydrogens (tertiary/aromatic N) is 2. The van der Waals surface area contributed by atoms with Crippen LogP contribution in [0.25, 0.3) is 22.6 Å². The first-order chi connectivity index (χ1) is 13.1. The molecule has 4 nitrogen and oxygen atoms in total. The molecule has 2 aromatic carbocycles. The number of aromatic nitrogens is 1. The maximum atomic E-state index is 12.4. The SMILES string of the molecule is CC[C@@H](C)C(=O)N(C)c1ccc(-c2onc3c2CCc2ccccc2-3)cc1. The maximum Gasteiger partial charge on any atom is 0.229 e. The first-order valence-electron chi connectivity index (χ1n) is 9.55. The number of carbonyl (C=O) groups excluding carboxylic acids is 1. The zero-order valence-corrected chi connectivity index (χ0v) is 16.0. The molecule has 1 aromatic heterocycles. The normalized spacial score (nSPS) is 13.6. The monoisotopic (exact) mass is 360 g/mol. The Morgan fingerprint density at radius 1 is 1.15 bits per heavy atom. The number of fused-ring (bicyclic) bond motifs is 3. The van der Waals surface area contributed by atoms with Gasteiger partial charge in [-0.05, 0) is 49.1 Å². The third kappa shape index (κ3) is 3.05. The molecule has 0 N–H and O–H groups in total. The molecule has 0 saturated heterocycles. The zero-order valence-electron chi connectivity index (χ0n) is 16.0. The van der Waals surface area contributed by atoms with Gasteiger partial charge < -0.3 is 9.42 Å². The molecule has 27 heavy (non-hydrogen) atoms. The zero-order chi connectivity index (χ0) is 19.0. The molecule has 0 fully saturated rings. The van der Waals surface area contributed by atoms with Crippen LogP contribution in [0, 0.1) is 5.92 Å². The highest BCUT2D eigenvalue weighted by Crippen LogP contribution is 2.38. The second-order valence-corrected chi connectivity index (χ2v) is 7.25. The molecule has 138 valence electrons. The predicted molar refractivity (Wildman–Crippen MR) is 108 cm³/mol. The van der Waals surface area contributed by atoms with Gasteiger partial charge in [-0.15, -0.1) is 0 Å².